The van der Waals surface area contributed by atoms with E-state index in [4.69, 9.17) is 4.52 Å². The molecule has 0 aliphatic carbocycles. The number of thiazole rings is 1. The highest BCUT2D eigenvalue weighted by Crippen LogP contribution is 2.42. The van der Waals surface area contributed by atoms with Gasteiger partial charge in [-0.15, -0.1) is 32.9 Å². The summed E-state index contributed by atoms with van der Waals surface area (Å²) >= 11 is 3.28. The Morgan fingerprint density at radius 1 is 1.00 bits per heavy atom. The number of amides is 2. The molecule has 0 bridgehead atoms. The molecule has 2 aliphatic rings. The maximum Gasteiger partial charge on any atom is 0.243 e. The minimum atomic E-state index is -0.808. The van der Waals surface area contributed by atoms with Gasteiger partial charge in [-0.05, 0) is 80.3 Å². The number of aromatic hydroxyl groups is 1. The van der Waals surface area contributed by atoms with Gasteiger partial charge < -0.3 is 29.9 Å². The topological polar surface area (TPSA) is 158 Å². The third kappa shape index (κ3) is 7.65. The van der Waals surface area contributed by atoms with Crippen LogP contribution in [-0.4, -0.2) is 79.0 Å². The van der Waals surface area contributed by atoms with Crippen LogP contribution in [0.25, 0.3) is 31.9 Å². The van der Waals surface area contributed by atoms with Gasteiger partial charge in [0, 0.05) is 47.9 Å². The van der Waals surface area contributed by atoms with Gasteiger partial charge in [-0.25, -0.2) is 4.98 Å². The van der Waals surface area contributed by atoms with Gasteiger partial charge in [0.15, 0.2) is 11.6 Å². The van der Waals surface area contributed by atoms with Crippen molar-refractivity contribution in [3.8, 4) is 27.4 Å². The van der Waals surface area contributed by atoms with Crippen LogP contribution < -0.4 is 10.2 Å². The Morgan fingerprint density at radius 2 is 1.75 bits per heavy atom. The molecule has 57 heavy (non-hydrogen) atoms. The third-order valence-corrected chi connectivity index (χ3v) is 13.8. The van der Waals surface area contributed by atoms with E-state index in [2.05, 4.69) is 37.5 Å². The highest BCUT2D eigenvalue weighted by molar-refractivity contribution is 7.19. The largest absolute Gasteiger partial charge is 0.507 e. The lowest BCUT2D eigenvalue weighted by Crippen LogP contribution is -2.48. The van der Waals surface area contributed by atoms with Crippen LogP contribution >= 0.6 is 22.7 Å². The summed E-state index contributed by atoms with van der Waals surface area (Å²) < 4.78 is 5.90. The number of nitrogens with zero attached hydrogens (tertiary/aromatic N) is 6. The summed E-state index contributed by atoms with van der Waals surface area (Å²) in [6.07, 6.45) is 1.19. The first-order chi connectivity index (χ1) is 27.5. The van der Waals surface area contributed by atoms with E-state index in [-0.39, 0.29) is 42.5 Å². The Balaban J connectivity index is 0.919. The molecule has 4 aromatic heterocycles. The molecule has 4 atom stereocenters. The van der Waals surface area contributed by atoms with Crippen LogP contribution in [0.2, 0.25) is 0 Å². The number of carbonyl (C=O) groups is 2. The second-order valence-corrected chi connectivity index (χ2v) is 17.5. The number of rotatable bonds is 10. The Labute approximate surface area is 339 Å². The number of nitrogens with one attached hydrogen (secondary N) is 1. The Bertz CT molecular complexity index is 2400. The number of aliphatic hydroxyl groups excluding tert-OH is 1. The molecular weight excluding hydrogens is 759 g/mol. The molecule has 2 saturated heterocycles. The number of carbonyl (C=O) groups excluding carboxylic acids is 2. The summed E-state index contributed by atoms with van der Waals surface area (Å²) in [5.74, 6) is 0.310. The molecule has 6 heterocycles. The third-order valence-electron chi connectivity index (χ3n) is 11.5. The summed E-state index contributed by atoms with van der Waals surface area (Å²) in [6, 6.07) is 18.0. The standard InChI is InChI=1S/C43H47N7O5S2/c1-23(2)38(43(54)50-21-30(51)18-34(50)41(53)45-25(4)27-10-12-28(13-11-27)40-26(5)44-22-56-40)36-20-37(48-55-36)49-16-14-29(15-17-49)39-24(3)32-19-33(46-47-42(32)57-39)31-8-6-7-9-35(31)52/h6-13,19-20,22-23,25,29-30,34,38,51-52H,14-18,21H2,1-5H3,(H,45,53)/t25-,30+,34-,38+/m0/s1. The Morgan fingerprint density at radius 3 is 2.46 bits per heavy atom. The maximum absolute atomic E-state index is 14.3. The predicted molar refractivity (Wildman–Crippen MR) is 222 cm³/mol. The van der Waals surface area contributed by atoms with Crippen molar-refractivity contribution in [1.82, 2.24) is 30.6 Å². The molecule has 12 nitrogen and oxygen atoms in total. The number of fused-ring (bicyclic) bond motifs is 1. The summed E-state index contributed by atoms with van der Waals surface area (Å²) in [5.41, 5.74) is 7.35. The molecule has 0 spiro atoms. The van der Waals surface area contributed by atoms with Crippen molar-refractivity contribution in [3.63, 3.8) is 0 Å². The van der Waals surface area contributed by atoms with Gasteiger partial charge in [0.05, 0.1) is 33.9 Å². The molecule has 14 heteroatoms. The van der Waals surface area contributed by atoms with Crippen molar-refractivity contribution in [2.75, 3.05) is 24.5 Å². The Kier molecular flexibility index (Phi) is 10.9. The first kappa shape index (κ1) is 38.7. The number of benzene rings is 2. The zero-order chi connectivity index (χ0) is 40.0. The minimum Gasteiger partial charge on any atom is -0.507 e. The van der Waals surface area contributed by atoms with Crippen LogP contribution in [0.3, 0.4) is 0 Å². The van der Waals surface area contributed by atoms with Crippen LogP contribution in [-0.2, 0) is 9.59 Å². The molecule has 2 fully saturated rings. The molecule has 0 saturated carbocycles. The lowest BCUT2D eigenvalue weighted by molar-refractivity contribution is -0.141. The van der Waals surface area contributed by atoms with Crippen LogP contribution in [0.1, 0.15) is 85.4 Å². The van der Waals surface area contributed by atoms with Gasteiger partial charge in [0.1, 0.15) is 22.5 Å². The smallest absolute Gasteiger partial charge is 0.243 e. The van der Waals surface area contributed by atoms with Gasteiger partial charge in [-0.1, -0.05) is 55.4 Å². The van der Waals surface area contributed by atoms with Gasteiger partial charge in [0.2, 0.25) is 11.8 Å². The van der Waals surface area contributed by atoms with Crippen molar-refractivity contribution < 1.29 is 24.3 Å². The second-order valence-electron chi connectivity index (χ2n) is 15.6. The van der Waals surface area contributed by atoms with Crippen LogP contribution in [0.5, 0.6) is 5.75 Å². The normalized spacial score (nSPS) is 18.7. The molecule has 3 N–H and O–H groups in total. The number of hydrogen-bond acceptors (Lipinski definition) is 12. The van der Waals surface area contributed by atoms with E-state index in [1.54, 1.807) is 34.8 Å². The SMILES string of the molecule is Cc1ncsc1-c1ccc([C@H](C)NC(=O)[C@@H]2C[C@@H](O)CN2C(=O)[C@@H](c2cc(N3CCC(c4sc5nnc(-c6ccccc6O)cc5c4C)CC3)no2)C(C)C)cc1. The highest BCUT2D eigenvalue weighted by atomic mass is 32.1. The molecule has 2 aliphatic heterocycles. The van der Waals surface area contributed by atoms with Crippen LogP contribution in [0.4, 0.5) is 5.82 Å². The first-order valence-corrected chi connectivity index (χ1v) is 21.2. The number of anilines is 1. The minimum absolute atomic E-state index is 0.0741. The monoisotopic (exact) mass is 805 g/mol. The average molecular weight is 806 g/mol. The van der Waals surface area contributed by atoms with E-state index in [1.807, 2.05) is 81.7 Å². The number of para-hydroxylation sites is 1. The predicted octanol–water partition coefficient (Wildman–Crippen LogP) is 7.76. The van der Waals surface area contributed by atoms with E-state index in [0.29, 0.717) is 28.8 Å². The van der Waals surface area contributed by atoms with Crippen molar-refractivity contribution in [3.05, 3.63) is 93.6 Å². The van der Waals surface area contributed by atoms with E-state index in [0.717, 1.165) is 57.8 Å². The van der Waals surface area contributed by atoms with Crippen LogP contribution in [0, 0.1) is 19.8 Å². The Hall–Kier alpha value is -5.18. The second kappa shape index (κ2) is 16.0. The fourth-order valence-corrected chi connectivity index (χ4v) is 10.4. The summed E-state index contributed by atoms with van der Waals surface area (Å²) in [7, 11) is 0. The lowest BCUT2D eigenvalue weighted by atomic mass is 9.91. The molecule has 8 rings (SSSR count). The van der Waals surface area contributed by atoms with Gasteiger partial charge in [-0.2, -0.15) is 0 Å². The molecule has 2 amide bonds. The highest BCUT2D eigenvalue weighted by Gasteiger charge is 2.43. The fraction of sp³-hybridized carbons (Fsp3) is 0.395. The lowest BCUT2D eigenvalue weighted by Gasteiger charge is -2.31. The average Bonchev–Trinajstić information content (AvgIpc) is 4.02. The number of β-amino-alcohol motifs (C(OH)–C–C–N with tert-alkyl or cyclic N) is 1. The van der Waals surface area contributed by atoms with Crippen LogP contribution in [0.15, 0.2) is 70.7 Å². The number of thiophene rings is 1. The number of hydrogen-bond donors (Lipinski definition) is 3. The van der Waals surface area contributed by atoms with E-state index < -0.39 is 18.1 Å². The van der Waals surface area contributed by atoms with E-state index in [9.17, 15) is 19.8 Å². The quantitative estimate of drug-likeness (QED) is 0.125. The number of phenolic OH excluding ortho intramolecular Hbond substituents is 1. The molecule has 296 valence electrons. The number of aryl methyl sites for hydroxylation is 2. The number of aliphatic hydroxyl groups is 1. The number of phenols is 1. The van der Waals surface area contributed by atoms with Crippen molar-refractivity contribution >= 4 is 50.5 Å². The fourth-order valence-electron chi connectivity index (χ4n) is 8.31. The molecule has 6 aromatic rings. The molecule has 2 aromatic carbocycles. The molecule has 0 unspecified atom stereocenters. The zero-order valence-electron chi connectivity index (χ0n) is 32.7. The van der Waals surface area contributed by atoms with Crippen molar-refractivity contribution in [1.29, 1.82) is 0 Å². The number of piperidine rings is 1. The zero-order valence-corrected chi connectivity index (χ0v) is 34.3. The summed E-state index contributed by atoms with van der Waals surface area (Å²) in [6.45, 7) is 11.6. The van der Waals surface area contributed by atoms with E-state index >= 15 is 0 Å². The maximum atomic E-state index is 14.3. The van der Waals surface area contributed by atoms with Gasteiger partial charge >= 0.3 is 0 Å². The first-order valence-electron chi connectivity index (χ1n) is 19.5. The summed E-state index contributed by atoms with van der Waals surface area (Å²) in [4.78, 5) is 39.4. The van der Waals surface area contributed by atoms with Crippen molar-refractivity contribution in [2.45, 2.75) is 83.9 Å². The molecule has 0 radical (unpaired) electrons. The van der Waals surface area contributed by atoms with Gasteiger partial charge in [-0.3, -0.25) is 9.59 Å². The summed E-state index contributed by atoms with van der Waals surface area (Å²) in [5, 5.41) is 38.6. The van der Waals surface area contributed by atoms with Crippen molar-refractivity contribution in [2.24, 2.45) is 5.92 Å². The van der Waals surface area contributed by atoms with E-state index in [1.165, 1.54) is 15.3 Å². The molecular formula is C43H47N7O5S2. The van der Waals surface area contributed by atoms with Gasteiger partial charge in [0.25, 0.3) is 0 Å². The number of likely N-dealkylation sites (tertiary alicyclic amines) is 1. The number of aromatic nitrogens is 4.